The Balaban J connectivity index is 2.47. The fourth-order valence-electron chi connectivity index (χ4n) is 3.51. The van der Waals surface area contributed by atoms with Crippen molar-refractivity contribution in [3.63, 3.8) is 0 Å². The second-order valence-electron chi connectivity index (χ2n) is 5.76. The Morgan fingerprint density at radius 2 is 1.00 bits per heavy atom. The molecule has 0 N–H and O–H groups in total. The third-order valence-corrected chi connectivity index (χ3v) is 5.12. The molecule has 0 amide bonds. The lowest BCUT2D eigenvalue weighted by atomic mass is 9.89. The molecule has 4 aromatic rings. The first-order valence-electron chi connectivity index (χ1n) is 6.92. The highest BCUT2D eigenvalue weighted by Crippen LogP contribution is 2.41. The van der Waals surface area contributed by atoms with E-state index in [0.29, 0.717) is 0 Å². The van der Waals surface area contributed by atoms with E-state index >= 15 is 0 Å². The van der Waals surface area contributed by atoms with Crippen molar-refractivity contribution in [1.29, 1.82) is 0 Å². The van der Waals surface area contributed by atoms with Crippen LogP contribution in [0.2, 0.25) is 0 Å². The summed E-state index contributed by atoms with van der Waals surface area (Å²) >= 11 is 3.73. The zero-order chi connectivity index (χ0) is 14.0. The predicted octanol–water partition coefficient (Wildman–Crippen LogP) is 6.27. The number of rotatable bonds is 0. The maximum absolute atomic E-state index is 3.73. The van der Waals surface area contributed by atoms with Gasteiger partial charge in [0.2, 0.25) is 0 Å². The van der Waals surface area contributed by atoms with Gasteiger partial charge in [0.25, 0.3) is 0 Å². The van der Waals surface area contributed by atoms with Gasteiger partial charge in [-0.1, -0.05) is 46.3 Å². The normalized spacial score (nSPS) is 12.0. The lowest BCUT2D eigenvalue weighted by Crippen LogP contribution is -1.91. The van der Waals surface area contributed by atoms with Crippen molar-refractivity contribution in [2.24, 2.45) is 0 Å². The number of halogens is 1. The molecule has 0 fully saturated rings. The van der Waals surface area contributed by atoms with Gasteiger partial charge in [-0.25, -0.2) is 0 Å². The number of hydrogen-bond acceptors (Lipinski definition) is 0. The second kappa shape index (κ2) is 3.95. The topological polar surface area (TPSA) is 0 Å². The van der Waals surface area contributed by atoms with Crippen molar-refractivity contribution in [2.45, 2.75) is 20.8 Å². The van der Waals surface area contributed by atoms with Gasteiger partial charge in [0.05, 0.1) is 0 Å². The maximum Gasteiger partial charge on any atom is 0.0257 e. The SMILES string of the molecule is Cc1cc(C)c2ccc3c(Br)cc(C)c4ccc1c2c43. The molecule has 0 unspecified atom stereocenters. The minimum absolute atomic E-state index is 1.19. The molecule has 0 aromatic heterocycles. The van der Waals surface area contributed by atoms with E-state index in [1.54, 1.807) is 0 Å². The van der Waals surface area contributed by atoms with Crippen LogP contribution in [-0.2, 0) is 0 Å². The molecule has 0 heterocycles. The van der Waals surface area contributed by atoms with Crippen molar-refractivity contribution >= 4 is 48.2 Å². The summed E-state index contributed by atoms with van der Waals surface area (Å²) in [6, 6.07) is 13.6. The Hall–Kier alpha value is -1.60. The summed E-state index contributed by atoms with van der Waals surface area (Å²) in [5, 5.41) is 8.25. The first kappa shape index (κ1) is 12.2. The van der Waals surface area contributed by atoms with Crippen molar-refractivity contribution < 1.29 is 0 Å². The van der Waals surface area contributed by atoms with Gasteiger partial charge in [-0.3, -0.25) is 0 Å². The fraction of sp³-hybridized carbons (Fsp3) is 0.158. The van der Waals surface area contributed by atoms with Gasteiger partial charge < -0.3 is 0 Å². The van der Waals surface area contributed by atoms with Crippen LogP contribution in [0.5, 0.6) is 0 Å². The van der Waals surface area contributed by atoms with Gasteiger partial charge in [0.15, 0.2) is 0 Å². The molecule has 0 saturated heterocycles. The number of hydrogen-bond donors (Lipinski definition) is 0. The molecular weight excluding hydrogens is 308 g/mol. The van der Waals surface area contributed by atoms with Crippen LogP contribution in [0.3, 0.4) is 0 Å². The lowest BCUT2D eigenvalue weighted by Gasteiger charge is -2.16. The molecule has 0 aliphatic rings. The summed E-state index contributed by atoms with van der Waals surface area (Å²) in [5.74, 6) is 0. The minimum atomic E-state index is 1.19. The molecule has 20 heavy (non-hydrogen) atoms. The molecule has 98 valence electrons. The Kier molecular flexibility index (Phi) is 2.41. The molecule has 1 heteroatoms. The third kappa shape index (κ3) is 1.42. The van der Waals surface area contributed by atoms with Gasteiger partial charge in [-0.15, -0.1) is 0 Å². The molecule has 4 rings (SSSR count). The van der Waals surface area contributed by atoms with Crippen LogP contribution in [0.1, 0.15) is 16.7 Å². The van der Waals surface area contributed by atoms with Crippen LogP contribution in [-0.4, -0.2) is 0 Å². The Morgan fingerprint density at radius 3 is 1.55 bits per heavy atom. The second-order valence-corrected chi connectivity index (χ2v) is 6.61. The maximum atomic E-state index is 3.73. The van der Waals surface area contributed by atoms with E-state index in [-0.39, 0.29) is 0 Å². The van der Waals surface area contributed by atoms with Crippen molar-refractivity contribution in [3.8, 4) is 0 Å². The molecule has 0 radical (unpaired) electrons. The highest BCUT2D eigenvalue weighted by molar-refractivity contribution is 9.10. The Labute approximate surface area is 126 Å². The van der Waals surface area contributed by atoms with Gasteiger partial charge in [-0.05, 0) is 75.8 Å². The number of aryl methyl sites for hydroxylation is 3. The summed E-state index contributed by atoms with van der Waals surface area (Å²) < 4.78 is 1.19. The van der Waals surface area contributed by atoms with Gasteiger partial charge in [-0.2, -0.15) is 0 Å². The fourth-order valence-corrected chi connectivity index (χ4v) is 4.18. The smallest absolute Gasteiger partial charge is 0.0257 e. The van der Waals surface area contributed by atoms with Crippen LogP contribution in [0.15, 0.2) is 40.9 Å². The molecule has 0 aliphatic carbocycles. The van der Waals surface area contributed by atoms with E-state index in [9.17, 15) is 0 Å². The first-order chi connectivity index (χ1) is 9.58. The van der Waals surface area contributed by atoms with E-state index in [4.69, 9.17) is 0 Å². The number of benzene rings is 4. The Morgan fingerprint density at radius 1 is 0.600 bits per heavy atom. The lowest BCUT2D eigenvalue weighted by molar-refractivity contribution is 1.45. The highest BCUT2D eigenvalue weighted by Gasteiger charge is 2.14. The minimum Gasteiger partial charge on any atom is -0.0551 e. The van der Waals surface area contributed by atoms with Crippen LogP contribution < -0.4 is 0 Å². The van der Waals surface area contributed by atoms with Crippen LogP contribution >= 0.6 is 15.9 Å². The van der Waals surface area contributed by atoms with Crippen molar-refractivity contribution in [1.82, 2.24) is 0 Å². The molecule has 0 saturated carbocycles. The van der Waals surface area contributed by atoms with Crippen LogP contribution in [0, 0.1) is 20.8 Å². The highest BCUT2D eigenvalue weighted by atomic mass is 79.9. The summed E-state index contributed by atoms with van der Waals surface area (Å²) in [6.45, 7) is 6.61. The first-order valence-corrected chi connectivity index (χ1v) is 7.71. The summed E-state index contributed by atoms with van der Waals surface area (Å²) in [6.07, 6.45) is 0. The molecule has 0 aliphatic heterocycles. The molecule has 4 aromatic carbocycles. The zero-order valence-corrected chi connectivity index (χ0v) is 13.4. The monoisotopic (exact) mass is 322 g/mol. The van der Waals surface area contributed by atoms with E-state index in [1.807, 2.05) is 0 Å². The third-order valence-electron chi connectivity index (χ3n) is 4.47. The van der Waals surface area contributed by atoms with Crippen molar-refractivity contribution in [2.75, 3.05) is 0 Å². The largest absolute Gasteiger partial charge is 0.0551 e. The molecule has 0 atom stereocenters. The van der Waals surface area contributed by atoms with Crippen molar-refractivity contribution in [3.05, 3.63) is 57.6 Å². The van der Waals surface area contributed by atoms with E-state index in [1.165, 1.54) is 53.5 Å². The summed E-state index contributed by atoms with van der Waals surface area (Å²) in [5.41, 5.74) is 4.06. The van der Waals surface area contributed by atoms with E-state index in [0.717, 1.165) is 0 Å². The average Bonchev–Trinajstić information content (AvgIpc) is 2.42. The van der Waals surface area contributed by atoms with Crippen LogP contribution in [0.25, 0.3) is 32.3 Å². The van der Waals surface area contributed by atoms with Gasteiger partial charge >= 0.3 is 0 Å². The zero-order valence-electron chi connectivity index (χ0n) is 11.8. The molecule has 0 bridgehead atoms. The van der Waals surface area contributed by atoms with E-state index < -0.39 is 0 Å². The van der Waals surface area contributed by atoms with Gasteiger partial charge in [0.1, 0.15) is 0 Å². The molecule has 0 spiro atoms. The molecule has 0 nitrogen and oxygen atoms in total. The average molecular weight is 323 g/mol. The summed E-state index contributed by atoms with van der Waals surface area (Å²) in [4.78, 5) is 0. The predicted molar refractivity (Wildman–Crippen MR) is 92.1 cm³/mol. The standard InChI is InChI=1S/C19H15Br/c1-10-8-11(2)14-6-7-16-17(20)9-12(3)15-5-4-13(10)18(14)19(15)16/h4-9H,1-3H3. The Bertz CT molecular complexity index is 826. The molecular formula is C19H15Br. The quantitative estimate of drug-likeness (QED) is 0.334. The van der Waals surface area contributed by atoms with Gasteiger partial charge in [0, 0.05) is 4.47 Å². The van der Waals surface area contributed by atoms with E-state index in [2.05, 4.69) is 73.1 Å². The van der Waals surface area contributed by atoms with Crippen LogP contribution in [0.4, 0.5) is 0 Å². The summed E-state index contributed by atoms with van der Waals surface area (Å²) in [7, 11) is 0.